The van der Waals surface area contributed by atoms with Crippen LogP contribution in [0.1, 0.15) is 26.2 Å². The van der Waals surface area contributed by atoms with Crippen LogP contribution in [-0.2, 0) is 4.74 Å². The maximum absolute atomic E-state index is 5.84. The molecule has 0 aromatic heterocycles. The van der Waals surface area contributed by atoms with Gasteiger partial charge in [0.25, 0.3) is 0 Å². The second-order valence-electron chi connectivity index (χ2n) is 3.28. The van der Waals surface area contributed by atoms with Crippen molar-refractivity contribution in [3.05, 3.63) is 0 Å². The summed E-state index contributed by atoms with van der Waals surface area (Å²) in [5.74, 6) is 0.910. The lowest BCUT2D eigenvalue weighted by Crippen LogP contribution is -2.34. The molecule has 1 fully saturated rings. The lowest BCUT2D eigenvalue weighted by molar-refractivity contribution is 0.0912. The Kier molecular flexibility index (Phi) is 2.69. The highest BCUT2D eigenvalue weighted by Gasteiger charge is 2.25. The monoisotopic (exact) mass is 143 g/mol. The van der Waals surface area contributed by atoms with Crippen LogP contribution >= 0.6 is 0 Å². The molecule has 0 amide bonds. The normalized spacial score (nSPS) is 24.3. The summed E-state index contributed by atoms with van der Waals surface area (Å²) in [6.07, 6.45) is 4.13. The fourth-order valence-corrected chi connectivity index (χ4v) is 1.10. The third-order valence-electron chi connectivity index (χ3n) is 2.28. The summed E-state index contributed by atoms with van der Waals surface area (Å²) in [5, 5.41) is 0. The molecular weight excluding hydrogens is 126 g/mol. The fourth-order valence-electron chi connectivity index (χ4n) is 1.10. The average molecular weight is 143 g/mol. The molecule has 0 spiro atoms. The van der Waals surface area contributed by atoms with Gasteiger partial charge in [-0.15, -0.1) is 0 Å². The molecule has 1 aliphatic carbocycles. The predicted molar refractivity (Wildman–Crippen MR) is 41.8 cm³/mol. The van der Waals surface area contributed by atoms with Crippen LogP contribution in [0.3, 0.4) is 0 Å². The lowest BCUT2D eigenvalue weighted by atomic mass is 10.1. The molecular formula is C8H17NO. The lowest BCUT2D eigenvalue weighted by Gasteiger charge is -2.17. The molecule has 1 aliphatic rings. The van der Waals surface area contributed by atoms with E-state index in [0.29, 0.717) is 0 Å². The van der Waals surface area contributed by atoms with Gasteiger partial charge in [0, 0.05) is 13.2 Å². The molecule has 2 atom stereocenters. The van der Waals surface area contributed by atoms with Crippen LogP contribution in [-0.4, -0.2) is 19.3 Å². The van der Waals surface area contributed by atoms with Gasteiger partial charge in [0.1, 0.15) is 0 Å². The molecule has 2 heteroatoms. The summed E-state index contributed by atoms with van der Waals surface area (Å²) in [4.78, 5) is 0. The molecule has 0 bridgehead atoms. The Hall–Kier alpha value is -0.0800. The van der Waals surface area contributed by atoms with Crippen LogP contribution in [0.25, 0.3) is 0 Å². The first-order valence-electron chi connectivity index (χ1n) is 4.02. The number of rotatable bonds is 4. The van der Waals surface area contributed by atoms with E-state index in [9.17, 15) is 0 Å². The van der Waals surface area contributed by atoms with Crippen molar-refractivity contribution in [2.45, 2.75) is 38.3 Å². The largest absolute Gasteiger partial charge is 0.380 e. The summed E-state index contributed by atoms with van der Waals surface area (Å²) in [5.41, 5.74) is 5.84. The maximum Gasteiger partial charge on any atom is 0.0694 e. The SMILES string of the molecule is COC(C)C(N)CC1CC1. The number of hydrogen-bond donors (Lipinski definition) is 1. The smallest absolute Gasteiger partial charge is 0.0694 e. The Bertz CT molecular complexity index is 101. The quantitative estimate of drug-likeness (QED) is 0.640. The zero-order valence-electron chi connectivity index (χ0n) is 6.84. The second kappa shape index (κ2) is 3.35. The highest BCUT2D eigenvalue weighted by Crippen LogP contribution is 2.33. The van der Waals surface area contributed by atoms with E-state index < -0.39 is 0 Å². The van der Waals surface area contributed by atoms with E-state index in [1.54, 1.807) is 7.11 Å². The second-order valence-corrected chi connectivity index (χ2v) is 3.28. The van der Waals surface area contributed by atoms with E-state index in [4.69, 9.17) is 10.5 Å². The van der Waals surface area contributed by atoms with Crippen molar-refractivity contribution in [2.24, 2.45) is 11.7 Å². The molecule has 2 N–H and O–H groups in total. The Balaban J connectivity index is 2.11. The minimum Gasteiger partial charge on any atom is -0.380 e. The standard InChI is InChI=1S/C8H17NO/c1-6(10-2)8(9)5-7-3-4-7/h6-8H,3-5,9H2,1-2H3. The van der Waals surface area contributed by atoms with Crippen LogP contribution in [0.4, 0.5) is 0 Å². The molecule has 0 aromatic rings. The van der Waals surface area contributed by atoms with Crippen molar-refractivity contribution in [2.75, 3.05) is 7.11 Å². The van der Waals surface area contributed by atoms with E-state index >= 15 is 0 Å². The number of nitrogens with two attached hydrogens (primary N) is 1. The highest BCUT2D eigenvalue weighted by molar-refractivity contribution is 4.81. The molecule has 10 heavy (non-hydrogen) atoms. The molecule has 0 radical (unpaired) electrons. The number of methoxy groups -OCH3 is 1. The molecule has 2 unspecified atom stereocenters. The highest BCUT2D eigenvalue weighted by atomic mass is 16.5. The molecule has 2 nitrogen and oxygen atoms in total. The van der Waals surface area contributed by atoms with Gasteiger partial charge in [0.05, 0.1) is 6.10 Å². The van der Waals surface area contributed by atoms with Crippen molar-refractivity contribution in [3.8, 4) is 0 Å². The van der Waals surface area contributed by atoms with E-state index in [2.05, 4.69) is 0 Å². The van der Waals surface area contributed by atoms with Crippen LogP contribution < -0.4 is 5.73 Å². The van der Waals surface area contributed by atoms with Gasteiger partial charge in [-0.2, -0.15) is 0 Å². The van der Waals surface area contributed by atoms with Gasteiger partial charge in [0.2, 0.25) is 0 Å². The van der Waals surface area contributed by atoms with Gasteiger partial charge < -0.3 is 10.5 Å². The third kappa shape index (κ3) is 2.27. The molecule has 0 aliphatic heterocycles. The molecule has 0 saturated heterocycles. The molecule has 0 heterocycles. The Morgan fingerprint density at radius 3 is 2.60 bits per heavy atom. The van der Waals surface area contributed by atoms with Gasteiger partial charge in [-0.1, -0.05) is 12.8 Å². The predicted octanol–water partition coefficient (Wildman–Crippen LogP) is 1.15. The van der Waals surface area contributed by atoms with Crippen molar-refractivity contribution < 1.29 is 4.74 Å². The van der Waals surface area contributed by atoms with E-state index in [1.807, 2.05) is 6.92 Å². The van der Waals surface area contributed by atoms with Crippen LogP contribution in [0, 0.1) is 5.92 Å². The van der Waals surface area contributed by atoms with Crippen molar-refractivity contribution >= 4 is 0 Å². The first kappa shape index (κ1) is 8.02. The first-order chi connectivity index (χ1) is 4.74. The van der Waals surface area contributed by atoms with E-state index in [1.165, 1.54) is 12.8 Å². The summed E-state index contributed by atoms with van der Waals surface area (Å²) >= 11 is 0. The number of hydrogen-bond acceptors (Lipinski definition) is 2. The Morgan fingerprint density at radius 1 is 1.60 bits per heavy atom. The van der Waals surface area contributed by atoms with Gasteiger partial charge in [-0.3, -0.25) is 0 Å². The van der Waals surface area contributed by atoms with Crippen molar-refractivity contribution in [1.82, 2.24) is 0 Å². The van der Waals surface area contributed by atoms with Gasteiger partial charge >= 0.3 is 0 Å². The zero-order chi connectivity index (χ0) is 7.56. The summed E-state index contributed by atoms with van der Waals surface area (Å²) in [6.45, 7) is 2.03. The summed E-state index contributed by atoms with van der Waals surface area (Å²) in [7, 11) is 1.72. The van der Waals surface area contributed by atoms with Gasteiger partial charge in [-0.25, -0.2) is 0 Å². The van der Waals surface area contributed by atoms with Crippen LogP contribution in [0.5, 0.6) is 0 Å². The van der Waals surface area contributed by atoms with Crippen LogP contribution in [0.15, 0.2) is 0 Å². The first-order valence-corrected chi connectivity index (χ1v) is 4.02. The minimum absolute atomic E-state index is 0.223. The van der Waals surface area contributed by atoms with Crippen LogP contribution in [0.2, 0.25) is 0 Å². The number of ether oxygens (including phenoxy) is 1. The summed E-state index contributed by atoms with van der Waals surface area (Å²) < 4.78 is 5.12. The third-order valence-corrected chi connectivity index (χ3v) is 2.28. The average Bonchev–Trinajstić information content (AvgIpc) is 2.70. The van der Waals surface area contributed by atoms with E-state index in [-0.39, 0.29) is 12.1 Å². The van der Waals surface area contributed by atoms with Gasteiger partial charge in [0.15, 0.2) is 0 Å². The minimum atomic E-state index is 0.223. The molecule has 1 rings (SSSR count). The van der Waals surface area contributed by atoms with Gasteiger partial charge in [-0.05, 0) is 19.3 Å². The molecule has 60 valence electrons. The fraction of sp³-hybridized carbons (Fsp3) is 1.00. The van der Waals surface area contributed by atoms with E-state index in [0.717, 1.165) is 12.3 Å². The topological polar surface area (TPSA) is 35.2 Å². The van der Waals surface area contributed by atoms with Crippen molar-refractivity contribution in [1.29, 1.82) is 0 Å². The summed E-state index contributed by atoms with van der Waals surface area (Å²) in [6, 6.07) is 0.248. The van der Waals surface area contributed by atoms with Crippen molar-refractivity contribution in [3.63, 3.8) is 0 Å². The Morgan fingerprint density at radius 2 is 2.20 bits per heavy atom. The zero-order valence-corrected chi connectivity index (χ0v) is 6.84. The Labute approximate surface area is 62.7 Å². The maximum atomic E-state index is 5.84. The molecule has 0 aromatic carbocycles. The molecule has 1 saturated carbocycles.